The number of hydrogen-bond acceptors (Lipinski definition) is 4. The molecule has 7 heteroatoms. The van der Waals surface area contributed by atoms with Crippen molar-refractivity contribution in [1.82, 2.24) is 14.8 Å². The second-order valence-electron chi connectivity index (χ2n) is 7.31. The molecule has 4 rings (SSSR count). The first-order valence-corrected chi connectivity index (χ1v) is 10.7. The van der Waals surface area contributed by atoms with Crippen molar-refractivity contribution >= 4 is 23.5 Å². The highest BCUT2D eigenvalue weighted by Crippen LogP contribution is 2.28. The van der Waals surface area contributed by atoms with E-state index in [1.807, 2.05) is 36.4 Å². The highest BCUT2D eigenvalue weighted by molar-refractivity contribution is 7.14. The maximum absolute atomic E-state index is 12.7. The number of carbonyl (C=O) groups excluding carboxylic acids is 1. The maximum atomic E-state index is 12.7. The van der Waals surface area contributed by atoms with E-state index in [0.717, 1.165) is 18.5 Å². The molecule has 1 amide bonds. The van der Waals surface area contributed by atoms with Crippen molar-refractivity contribution in [1.29, 1.82) is 0 Å². The Bertz CT molecular complexity index is 1100. The van der Waals surface area contributed by atoms with Crippen LogP contribution in [0.25, 0.3) is 5.69 Å². The predicted molar refractivity (Wildman–Crippen MR) is 116 cm³/mol. The van der Waals surface area contributed by atoms with Gasteiger partial charge in [-0.3, -0.25) is 14.3 Å². The minimum atomic E-state index is -0.204. The predicted octanol–water partition coefficient (Wildman–Crippen LogP) is 3.58. The van der Waals surface area contributed by atoms with Gasteiger partial charge in [-0.1, -0.05) is 24.6 Å². The SMILES string of the molecule is Cc1c(/C=N\NC(=O)c2cc3c(s2)CCCCC3)n(C)n(-c2ccccc2)c1=O. The number of thiophene rings is 1. The lowest BCUT2D eigenvalue weighted by Gasteiger charge is -2.07. The molecule has 1 aromatic carbocycles. The monoisotopic (exact) mass is 408 g/mol. The van der Waals surface area contributed by atoms with Crippen molar-refractivity contribution in [2.75, 3.05) is 0 Å². The fourth-order valence-corrected chi connectivity index (χ4v) is 4.93. The number of hydrogen-bond donors (Lipinski definition) is 1. The molecular formula is C22H24N4O2S. The Kier molecular flexibility index (Phi) is 5.49. The Morgan fingerprint density at radius 3 is 2.72 bits per heavy atom. The van der Waals surface area contributed by atoms with Crippen molar-refractivity contribution in [2.24, 2.45) is 12.1 Å². The third-order valence-electron chi connectivity index (χ3n) is 5.37. The Labute approximate surface area is 173 Å². The number of aromatic nitrogens is 2. The number of hydrazone groups is 1. The van der Waals surface area contributed by atoms with Crippen molar-refractivity contribution in [3.8, 4) is 5.69 Å². The van der Waals surface area contributed by atoms with Gasteiger partial charge in [0.05, 0.1) is 22.5 Å². The summed E-state index contributed by atoms with van der Waals surface area (Å²) in [6.07, 6.45) is 7.29. The van der Waals surface area contributed by atoms with Gasteiger partial charge in [0.25, 0.3) is 11.5 Å². The first kappa shape index (κ1) is 19.4. The molecule has 2 heterocycles. The fourth-order valence-electron chi connectivity index (χ4n) is 3.78. The van der Waals surface area contributed by atoms with E-state index in [1.54, 1.807) is 34.7 Å². The summed E-state index contributed by atoms with van der Waals surface area (Å²) in [7, 11) is 1.81. The van der Waals surface area contributed by atoms with Crippen LogP contribution in [-0.2, 0) is 19.9 Å². The van der Waals surface area contributed by atoms with Crippen LogP contribution in [-0.4, -0.2) is 21.5 Å². The zero-order valence-corrected chi connectivity index (χ0v) is 17.5. The molecule has 1 aliphatic rings. The number of amides is 1. The first-order chi connectivity index (χ1) is 14.1. The number of benzene rings is 1. The molecule has 2 aromatic heterocycles. The molecule has 0 saturated heterocycles. The molecule has 1 N–H and O–H groups in total. The zero-order chi connectivity index (χ0) is 20.4. The van der Waals surface area contributed by atoms with E-state index in [0.29, 0.717) is 16.1 Å². The van der Waals surface area contributed by atoms with Crippen molar-refractivity contribution in [2.45, 2.75) is 39.0 Å². The molecule has 0 spiro atoms. The van der Waals surface area contributed by atoms with E-state index >= 15 is 0 Å². The Morgan fingerprint density at radius 2 is 1.93 bits per heavy atom. The van der Waals surface area contributed by atoms with E-state index < -0.39 is 0 Å². The number of rotatable bonds is 4. The molecule has 6 nitrogen and oxygen atoms in total. The second kappa shape index (κ2) is 8.21. The van der Waals surface area contributed by atoms with Crippen LogP contribution in [0.2, 0.25) is 0 Å². The number of carbonyl (C=O) groups is 1. The molecule has 1 aliphatic carbocycles. The molecule has 0 bridgehead atoms. The standard InChI is InChI=1S/C22H24N4O2S/c1-15-18(25(2)26(22(15)28)17-10-6-4-7-11-17)14-23-24-21(27)20-13-16-9-5-3-8-12-19(16)29-20/h4,6-7,10-11,13-14H,3,5,8-9,12H2,1-2H3,(H,24,27)/b23-14-. The molecule has 0 unspecified atom stereocenters. The van der Waals surface area contributed by atoms with Gasteiger partial charge in [-0.05, 0) is 56.4 Å². The van der Waals surface area contributed by atoms with Gasteiger partial charge in [0.1, 0.15) is 0 Å². The van der Waals surface area contributed by atoms with Gasteiger partial charge < -0.3 is 0 Å². The van der Waals surface area contributed by atoms with Gasteiger partial charge in [-0.25, -0.2) is 10.1 Å². The third kappa shape index (κ3) is 3.82. The van der Waals surface area contributed by atoms with Crippen LogP contribution in [0.3, 0.4) is 0 Å². The van der Waals surface area contributed by atoms with Gasteiger partial charge in [-0.15, -0.1) is 11.3 Å². The summed E-state index contributed by atoms with van der Waals surface area (Å²) in [6.45, 7) is 1.77. The van der Waals surface area contributed by atoms with E-state index in [4.69, 9.17) is 0 Å². The highest BCUT2D eigenvalue weighted by Gasteiger charge is 2.17. The van der Waals surface area contributed by atoms with E-state index in [1.165, 1.54) is 35.9 Å². The summed E-state index contributed by atoms with van der Waals surface area (Å²) in [4.78, 5) is 27.2. The zero-order valence-electron chi connectivity index (χ0n) is 16.6. The quantitative estimate of drug-likeness (QED) is 0.407. The summed E-state index contributed by atoms with van der Waals surface area (Å²) >= 11 is 1.57. The van der Waals surface area contributed by atoms with Crippen LogP contribution in [0.1, 0.15) is 50.6 Å². The number of nitrogens with zero attached hydrogens (tertiary/aromatic N) is 3. The summed E-state index contributed by atoms with van der Waals surface area (Å²) in [6, 6.07) is 11.4. The van der Waals surface area contributed by atoms with Gasteiger partial charge >= 0.3 is 0 Å². The van der Waals surface area contributed by atoms with Crippen LogP contribution < -0.4 is 11.0 Å². The number of aryl methyl sites for hydroxylation is 2. The van der Waals surface area contributed by atoms with E-state index in [-0.39, 0.29) is 11.5 Å². The largest absolute Gasteiger partial charge is 0.281 e. The van der Waals surface area contributed by atoms with Crippen molar-refractivity contribution in [3.05, 3.63) is 73.3 Å². The minimum Gasteiger partial charge on any atom is -0.279 e. The van der Waals surface area contributed by atoms with Crippen LogP contribution in [0.15, 0.2) is 46.3 Å². The lowest BCUT2D eigenvalue weighted by atomic mass is 10.1. The van der Waals surface area contributed by atoms with E-state index in [9.17, 15) is 9.59 Å². The average Bonchev–Trinajstić information content (AvgIpc) is 3.13. The second-order valence-corrected chi connectivity index (χ2v) is 8.44. The van der Waals surface area contributed by atoms with Gasteiger partial charge in [0.15, 0.2) is 0 Å². The Hall–Kier alpha value is -2.93. The number of fused-ring (bicyclic) bond motifs is 1. The molecule has 0 aliphatic heterocycles. The summed E-state index contributed by atoms with van der Waals surface area (Å²) < 4.78 is 3.34. The summed E-state index contributed by atoms with van der Waals surface area (Å²) in [5.74, 6) is -0.204. The first-order valence-electron chi connectivity index (χ1n) is 9.85. The highest BCUT2D eigenvalue weighted by atomic mass is 32.1. The van der Waals surface area contributed by atoms with Crippen LogP contribution >= 0.6 is 11.3 Å². The maximum Gasteiger partial charge on any atom is 0.281 e. The molecule has 0 atom stereocenters. The molecule has 150 valence electrons. The molecular weight excluding hydrogens is 384 g/mol. The average molecular weight is 409 g/mol. The summed E-state index contributed by atoms with van der Waals surface area (Å²) in [5.41, 5.74) is 5.83. The summed E-state index contributed by atoms with van der Waals surface area (Å²) in [5, 5.41) is 4.12. The molecule has 0 fully saturated rings. The van der Waals surface area contributed by atoms with Gasteiger partial charge in [0, 0.05) is 17.5 Å². The van der Waals surface area contributed by atoms with Crippen LogP contribution in [0.5, 0.6) is 0 Å². The fraction of sp³-hybridized carbons (Fsp3) is 0.318. The molecule has 29 heavy (non-hydrogen) atoms. The smallest absolute Gasteiger partial charge is 0.279 e. The van der Waals surface area contributed by atoms with Crippen molar-refractivity contribution in [3.63, 3.8) is 0 Å². The lowest BCUT2D eigenvalue weighted by Crippen LogP contribution is -2.20. The van der Waals surface area contributed by atoms with Crippen LogP contribution in [0.4, 0.5) is 0 Å². The van der Waals surface area contributed by atoms with Crippen molar-refractivity contribution < 1.29 is 4.79 Å². The normalized spacial score (nSPS) is 14.0. The van der Waals surface area contributed by atoms with Crippen LogP contribution in [0, 0.1) is 6.92 Å². The minimum absolute atomic E-state index is 0.103. The Morgan fingerprint density at radius 1 is 1.17 bits per heavy atom. The van der Waals surface area contributed by atoms with Gasteiger partial charge in [-0.2, -0.15) is 5.10 Å². The Balaban J connectivity index is 1.53. The number of nitrogens with one attached hydrogen (secondary N) is 1. The molecule has 0 saturated carbocycles. The van der Waals surface area contributed by atoms with Gasteiger partial charge in [0.2, 0.25) is 0 Å². The molecule has 3 aromatic rings. The van der Waals surface area contributed by atoms with E-state index in [2.05, 4.69) is 10.5 Å². The topological polar surface area (TPSA) is 68.4 Å². The number of para-hydroxylation sites is 1. The third-order valence-corrected chi connectivity index (χ3v) is 6.61. The molecule has 0 radical (unpaired) electrons. The lowest BCUT2D eigenvalue weighted by molar-refractivity contribution is 0.0959.